The van der Waals surface area contributed by atoms with Crippen LogP contribution in [0.4, 0.5) is 5.69 Å². The van der Waals surface area contributed by atoms with Crippen LogP contribution in [0.3, 0.4) is 0 Å². The molecular weight excluding hydrogens is 248 g/mol. The predicted molar refractivity (Wildman–Crippen MR) is 74.8 cm³/mol. The van der Waals surface area contributed by atoms with Crippen LogP contribution < -0.4 is 10.5 Å². The van der Waals surface area contributed by atoms with Crippen LogP contribution in [-0.4, -0.2) is 14.5 Å². The third-order valence-electron chi connectivity index (χ3n) is 3.17. The summed E-state index contributed by atoms with van der Waals surface area (Å²) < 4.78 is 27.4. The van der Waals surface area contributed by atoms with Crippen LogP contribution >= 0.6 is 0 Å². The molecule has 0 heterocycles. The Balaban J connectivity index is 3.11. The fourth-order valence-corrected chi connectivity index (χ4v) is 3.62. The first kappa shape index (κ1) is 15.0. The van der Waals surface area contributed by atoms with E-state index in [4.69, 9.17) is 5.73 Å². The number of nitrogens with two attached hydrogens (primary N) is 1. The highest BCUT2D eigenvalue weighted by Gasteiger charge is 2.23. The van der Waals surface area contributed by atoms with E-state index in [1.54, 1.807) is 25.1 Å². The molecule has 0 fully saturated rings. The molecule has 3 N–H and O–H groups in total. The molecule has 1 atom stereocenters. The minimum absolute atomic E-state index is 0.0594. The molecule has 0 spiro atoms. The average molecular weight is 270 g/mol. The van der Waals surface area contributed by atoms with Gasteiger partial charge in [-0.3, -0.25) is 0 Å². The molecule has 0 saturated heterocycles. The zero-order valence-corrected chi connectivity index (χ0v) is 12.2. The molecule has 0 aromatic heterocycles. The second-order valence-electron chi connectivity index (χ2n) is 4.85. The van der Waals surface area contributed by atoms with Crippen LogP contribution in [0.2, 0.25) is 0 Å². The maximum absolute atomic E-state index is 12.3. The van der Waals surface area contributed by atoms with Crippen molar-refractivity contribution < 1.29 is 8.42 Å². The van der Waals surface area contributed by atoms with Gasteiger partial charge in [-0.1, -0.05) is 26.8 Å². The Labute approximate surface area is 110 Å². The van der Waals surface area contributed by atoms with Crippen molar-refractivity contribution in [1.82, 2.24) is 4.72 Å². The molecule has 0 saturated carbocycles. The second-order valence-corrected chi connectivity index (χ2v) is 6.53. The fourth-order valence-electron chi connectivity index (χ4n) is 1.88. The Morgan fingerprint density at radius 1 is 1.33 bits per heavy atom. The van der Waals surface area contributed by atoms with Crippen molar-refractivity contribution in [2.45, 2.75) is 45.1 Å². The molecule has 102 valence electrons. The third kappa shape index (κ3) is 3.23. The van der Waals surface area contributed by atoms with Gasteiger partial charge in [0.05, 0.1) is 4.90 Å². The molecule has 0 aliphatic rings. The highest BCUT2D eigenvalue weighted by atomic mass is 32.2. The maximum atomic E-state index is 12.3. The van der Waals surface area contributed by atoms with Crippen LogP contribution in [-0.2, 0) is 10.0 Å². The lowest BCUT2D eigenvalue weighted by Crippen LogP contribution is -2.38. The summed E-state index contributed by atoms with van der Waals surface area (Å²) >= 11 is 0. The van der Waals surface area contributed by atoms with Gasteiger partial charge >= 0.3 is 0 Å². The third-order valence-corrected chi connectivity index (χ3v) is 4.80. The number of nitrogen functional groups attached to an aromatic ring is 1. The summed E-state index contributed by atoms with van der Waals surface area (Å²) in [6.07, 6.45) is 0.762. The van der Waals surface area contributed by atoms with Gasteiger partial charge in [0.15, 0.2) is 0 Å². The zero-order chi connectivity index (χ0) is 13.9. The molecule has 0 bridgehead atoms. The second kappa shape index (κ2) is 5.71. The zero-order valence-electron chi connectivity index (χ0n) is 11.4. The van der Waals surface area contributed by atoms with Crippen LogP contribution in [0.1, 0.15) is 32.8 Å². The molecule has 1 aromatic rings. The monoisotopic (exact) mass is 270 g/mol. The molecule has 4 nitrogen and oxygen atoms in total. The number of hydrogen-bond acceptors (Lipinski definition) is 3. The number of benzene rings is 1. The van der Waals surface area contributed by atoms with E-state index < -0.39 is 10.0 Å². The lowest BCUT2D eigenvalue weighted by atomic mass is 10.0. The van der Waals surface area contributed by atoms with Gasteiger partial charge in [-0.05, 0) is 37.0 Å². The van der Waals surface area contributed by atoms with Gasteiger partial charge in [0.25, 0.3) is 0 Å². The van der Waals surface area contributed by atoms with E-state index in [0.717, 1.165) is 6.42 Å². The van der Waals surface area contributed by atoms with E-state index in [2.05, 4.69) is 4.72 Å². The van der Waals surface area contributed by atoms with Crippen LogP contribution in [0.5, 0.6) is 0 Å². The fraction of sp³-hybridized carbons (Fsp3) is 0.538. The highest BCUT2D eigenvalue weighted by Crippen LogP contribution is 2.21. The van der Waals surface area contributed by atoms with Crippen LogP contribution in [0, 0.1) is 12.8 Å². The lowest BCUT2D eigenvalue weighted by Gasteiger charge is -2.21. The first-order valence-electron chi connectivity index (χ1n) is 6.17. The molecule has 5 heteroatoms. The van der Waals surface area contributed by atoms with Gasteiger partial charge < -0.3 is 5.73 Å². The molecule has 18 heavy (non-hydrogen) atoms. The van der Waals surface area contributed by atoms with Gasteiger partial charge in [-0.2, -0.15) is 0 Å². The van der Waals surface area contributed by atoms with Crippen molar-refractivity contribution in [2.75, 3.05) is 5.73 Å². The van der Waals surface area contributed by atoms with Gasteiger partial charge in [-0.15, -0.1) is 0 Å². The number of sulfonamides is 1. The summed E-state index contributed by atoms with van der Waals surface area (Å²) in [6, 6.07) is 4.89. The summed E-state index contributed by atoms with van der Waals surface area (Å²) in [6.45, 7) is 7.70. The molecule has 0 aliphatic carbocycles. The van der Waals surface area contributed by atoms with E-state index >= 15 is 0 Å². The minimum atomic E-state index is -3.50. The van der Waals surface area contributed by atoms with Crippen molar-refractivity contribution in [2.24, 2.45) is 5.92 Å². The molecule has 1 aromatic carbocycles. The number of hydrogen-bond donors (Lipinski definition) is 2. The van der Waals surface area contributed by atoms with E-state index in [9.17, 15) is 8.42 Å². The Kier molecular flexibility index (Phi) is 4.76. The molecule has 0 aliphatic heterocycles. The number of nitrogens with one attached hydrogen (secondary N) is 1. The first-order valence-corrected chi connectivity index (χ1v) is 7.65. The minimum Gasteiger partial charge on any atom is -0.398 e. The number of anilines is 1. The summed E-state index contributed by atoms with van der Waals surface area (Å²) in [7, 11) is -3.50. The van der Waals surface area contributed by atoms with Crippen molar-refractivity contribution in [3.8, 4) is 0 Å². The van der Waals surface area contributed by atoms with E-state index in [1.807, 2.05) is 20.8 Å². The Morgan fingerprint density at radius 2 is 1.94 bits per heavy atom. The van der Waals surface area contributed by atoms with Gasteiger partial charge in [0.1, 0.15) is 0 Å². The molecule has 0 radical (unpaired) electrons. The van der Waals surface area contributed by atoms with E-state index in [1.165, 1.54) is 0 Å². The van der Waals surface area contributed by atoms with Gasteiger partial charge in [0, 0.05) is 11.7 Å². The van der Waals surface area contributed by atoms with Crippen LogP contribution in [0.15, 0.2) is 23.1 Å². The SMILES string of the molecule is CCC(NS(=O)(=O)c1cccc(N)c1C)C(C)C. The Hall–Kier alpha value is -1.07. The van der Waals surface area contributed by atoms with E-state index in [0.29, 0.717) is 11.3 Å². The highest BCUT2D eigenvalue weighted by molar-refractivity contribution is 7.89. The van der Waals surface area contributed by atoms with Gasteiger partial charge in [-0.25, -0.2) is 13.1 Å². The summed E-state index contributed by atoms with van der Waals surface area (Å²) in [4.78, 5) is 0.265. The maximum Gasteiger partial charge on any atom is 0.241 e. The van der Waals surface area contributed by atoms with Crippen LogP contribution in [0.25, 0.3) is 0 Å². The summed E-state index contributed by atoms with van der Waals surface area (Å²) in [5.41, 5.74) is 6.84. The standard InChI is InChI=1S/C13H22N2O2S/c1-5-12(9(2)3)15-18(16,17)13-8-6-7-11(14)10(13)4/h6-9,12,15H,5,14H2,1-4H3. The van der Waals surface area contributed by atoms with Crippen molar-refractivity contribution in [1.29, 1.82) is 0 Å². The summed E-state index contributed by atoms with van der Waals surface area (Å²) in [5.74, 6) is 0.256. The normalized spacial score (nSPS) is 13.8. The largest absolute Gasteiger partial charge is 0.398 e. The smallest absolute Gasteiger partial charge is 0.241 e. The number of rotatable bonds is 5. The quantitative estimate of drug-likeness (QED) is 0.806. The lowest BCUT2D eigenvalue weighted by molar-refractivity contribution is 0.437. The van der Waals surface area contributed by atoms with Crippen molar-refractivity contribution in [3.05, 3.63) is 23.8 Å². The topological polar surface area (TPSA) is 72.2 Å². The first-order chi connectivity index (χ1) is 8.29. The molecule has 0 amide bonds. The Morgan fingerprint density at radius 3 is 2.44 bits per heavy atom. The predicted octanol–water partition coefficient (Wildman–Crippen LogP) is 2.29. The van der Waals surface area contributed by atoms with Gasteiger partial charge in [0.2, 0.25) is 10.0 Å². The molecular formula is C13H22N2O2S. The van der Waals surface area contributed by atoms with E-state index in [-0.39, 0.29) is 16.9 Å². The summed E-state index contributed by atoms with van der Waals surface area (Å²) in [5, 5.41) is 0. The van der Waals surface area contributed by atoms with Crippen molar-refractivity contribution in [3.63, 3.8) is 0 Å². The molecule has 1 unspecified atom stereocenters. The average Bonchev–Trinajstić information content (AvgIpc) is 2.29. The van der Waals surface area contributed by atoms with Crippen molar-refractivity contribution >= 4 is 15.7 Å². The Bertz CT molecular complexity index is 510. The molecule has 1 rings (SSSR count).